The molecule has 0 atom stereocenters. The fourth-order valence-corrected chi connectivity index (χ4v) is 2.48. The Kier molecular flexibility index (Phi) is 2.81. The van der Waals surface area contributed by atoms with Crippen molar-refractivity contribution >= 4 is 16.7 Å². The summed E-state index contributed by atoms with van der Waals surface area (Å²) in [5.74, 6) is 2.35. The highest BCUT2D eigenvalue weighted by molar-refractivity contribution is 5.83. The molecular weight excluding hydrogens is 260 g/mol. The van der Waals surface area contributed by atoms with Crippen molar-refractivity contribution < 1.29 is 0 Å². The van der Waals surface area contributed by atoms with Gasteiger partial charge in [-0.15, -0.1) is 0 Å². The third-order valence-electron chi connectivity index (χ3n) is 3.83. The molecule has 0 bridgehead atoms. The molecule has 4 rings (SSSR count). The second-order valence-electron chi connectivity index (χ2n) is 5.44. The van der Waals surface area contributed by atoms with E-state index >= 15 is 0 Å². The molecule has 3 aromatic rings. The molecule has 0 saturated heterocycles. The minimum absolute atomic E-state index is 0.533. The van der Waals surface area contributed by atoms with Gasteiger partial charge in [-0.25, -0.2) is 9.97 Å². The SMILES string of the molecule is CNc1cc(-c2cnc3ccccc3c2)nc(C2CC2)n1. The van der Waals surface area contributed by atoms with Crippen LogP contribution < -0.4 is 5.32 Å². The van der Waals surface area contributed by atoms with Crippen LogP contribution in [0, 0.1) is 0 Å². The first-order valence-corrected chi connectivity index (χ1v) is 7.25. The molecule has 104 valence electrons. The van der Waals surface area contributed by atoms with E-state index in [1.807, 2.05) is 37.5 Å². The zero-order chi connectivity index (χ0) is 14.2. The maximum atomic E-state index is 4.73. The Morgan fingerprint density at radius 1 is 1.10 bits per heavy atom. The molecule has 0 spiro atoms. The van der Waals surface area contributed by atoms with Crippen LogP contribution in [-0.4, -0.2) is 22.0 Å². The van der Waals surface area contributed by atoms with Gasteiger partial charge >= 0.3 is 0 Å². The Balaban J connectivity index is 1.84. The van der Waals surface area contributed by atoms with Crippen LogP contribution in [0.1, 0.15) is 24.6 Å². The molecule has 0 radical (unpaired) electrons. The number of aromatic nitrogens is 3. The minimum Gasteiger partial charge on any atom is -0.373 e. The first-order valence-electron chi connectivity index (χ1n) is 7.25. The fraction of sp³-hybridized carbons (Fsp3) is 0.235. The predicted molar refractivity (Wildman–Crippen MR) is 84.3 cm³/mol. The molecule has 1 aliphatic rings. The van der Waals surface area contributed by atoms with E-state index in [1.165, 1.54) is 12.8 Å². The lowest BCUT2D eigenvalue weighted by atomic mass is 10.1. The molecule has 1 N–H and O–H groups in total. The summed E-state index contributed by atoms with van der Waals surface area (Å²) in [5, 5.41) is 4.26. The number of hydrogen-bond acceptors (Lipinski definition) is 4. The van der Waals surface area contributed by atoms with E-state index in [0.717, 1.165) is 33.8 Å². The summed E-state index contributed by atoms with van der Waals surface area (Å²) in [7, 11) is 1.89. The molecule has 0 unspecified atom stereocenters. The van der Waals surface area contributed by atoms with Crippen LogP contribution >= 0.6 is 0 Å². The first-order chi connectivity index (χ1) is 10.3. The van der Waals surface area contributed by atoms with Crippen molar-refractivity contribution in [3.05, 3.63) is 48.4 Å². The Morgan fingerprint density at radius 2 is 1.95 bits per heavy atom. The second-order valence-corrected chi connectivity index (χ2v) is 5.44. The summed E-state index contributed by atoms with van der Waals surface area (Å²) in [6, 6.07) is 12.3. The van der Waals surface area contributed by atoms with E-state index in [9.17, 15) is 0 Å². The molecule has 0 amide bonds. The predicted octanol–water partition coefficient (Wildman–Crippen LogP) is 3.61. The van der Waals surface area contributed by atoms with Gasteiger partial charge in [0, 0.05) is 36.2 Å². The van der Waals surface area contributed by atoms with Crippen LogP contribution in [0.3, 0.4) is 0 Å². The van der Waals surface area contributed by atoms with E-state index in [2.05, 4.69) is 27.4 Å². The number of pyridine rings is 1. The second kappa shape index (κ2) is 4.81. The number of para-hydroxylation sites is 1. The van der Waals surface area contributed by atoms with Gasteiger partial charge in [-0.1, -0.05) is 18.2 Å². The number of hydrogen-bond donors (Lipinski definition) is 1. The van der Waals surface area contributed by atoms with Crippen LogP contribution in [0.2, 0.25) is 0 Å². The average molecular weight is 276 g/mol. The Morgan fingerprint density at radius 3 is 2.76 bits per heavy atom. The highest BCUT2D eigenvalue weighted by Gasteiger charge is 2.27. The van der Waals surface area contributed by atoms with E-state index in [4.69, 9.17) is 4.98 Å². The Labute approximate surface area is 123 Å². The van der Waals surface area contributed by atoms with Gasteiger partial charge in [0.25, 0.3) is 0 Å². The molecule has 0 aliphatic heterocycles. The van der Waals surface area contributed by atoms with Crippen molar-refractivity contribution in [3.63, 3.8) is 0 Å². The number of anilines is 1. The van der Waals surface area contributed by atoms with Crippen LogP contribution in [0.25, 0.3) is 22.2 Å². The lowest BCUT2D eigenvalue weighted by Crippen LogP contribution is -2.00. The van der Waals surface area contributed by atoms with Crippen molar-refractivity contribution in [1.82, 2.24) is 15.0 Å². The van der Waals surface area contributed by atoms with E-state index in [1.54, 1.807) is 0 Å². The summed E-state index contributed by atoms with van der Waals surface area (Å²) in [6.07, 6.45) is 4.28. The van der Waals surface area contributed by atoms with Crippen molar-refractivity contribution in [2.45, 2.75) is 18.8 Å². The Hall–Kier alpha value is -2.49. The molecule has 1 fully saturated rings. The topological polar surface area (TPSA) is 50.7 Å². The molecular formula is C17H16N4. The summed E-state index contributed by atoms with van der Waals surface area (Å²) in [4.78, 5) is 13.8. The monoisotopic (exact) mass is 276 g/mol. The highest BCUT2D eigenvalue weighted by atomic mass is 15.0. The summed E-state index contributed by atoms with van der Waals surface area (Å²) in [5.41, 5.74) is 2.98. The third kappa shape index (κ3) is 2.33. The van der Waals surface area contributed by atoms with Crippen molar-refractivity contribution in [2.24, 2.45) is 0 Å². The van der Waals surface area contributed by atoms with Crippen molar-refractivity contribution in [3.8, 4) is 11.3 Å². The summed E-state index contributed by atoms with van der Waals surface area (Å²) >= 11 is 0. The van der Waals surface area contributed by atoms with Gasteiger partial charge < -0.3 is 5.32 Å². The quantitative estimate of drug-likeness (QED) is 0.794. The van der Waals surface area contributed by atoms with E-state index in [-0.39, 0.29) is 0 Å². The van der Waals surface area contributed by atoms with Gasteiger partial charge in [-0.3, -0.25) is 4.98 Å². The van der Waals surface area contributed by atoms with Crippen LogP contribution in [0.15, 0.2) is 42.6 Å². The zero-order valence-electron chi connectivity index (χ0n) is 11.9. The first kappa shape index (κ1) is 12.3. The standard InChI is InChI=1S/C17H16N4/c1-18-16-9-15(20-17(21-16)11-6-7-11)13-8-12-4-2-3-5-14(12)19-10-13/h2-5,8-11H,6-7H2,1H3,(H,18,20,21). The largest absolute Gasteiger partial charge is 0.373 e. The lowest BCUT2D eigenvalue weighted by Gasteiger charge is -2.08. The smallest absolute Gasteiger partial charge is 0.134 e. The van der Waals surface area contributed by atoms with Gasteiger partial charge in [-0.2, -0.15) is 0 Å². The van der Waals surface area contributed by atoms with Gasteiger partial charge in [0.15, 0.2) is 0 Å². The lowest BCUT2D eigenvalue weighted by molar-refractivity contribution is 0.932. The highest BCUT2D eigenvalue weighted by Crippen LogP contribution is 2.39. The summed E-state index contributed by atoms with van der Waals surface area (Å²) < 4.78 is 0. The number of fused-ring (bicyclic) bond motifs is 1. The maximum Gasteiger partial charge on any atom is 0.134 e. The maximum absolute atomic E-state index is 4.73. The van der Waals surface area contributed by atoms with Crippen molar-refractivity contribution in [1.29, 1.82) is 0 Å². The third-order valence-corrected chi connectivity index (χ3v) is 3.83. The van der Waals surface area contributed by atoms with Gasteiger partial charge in [-0.05, 0) is 25.0 Å². The molecule has 1 aliphatic carbocycles. The number of nitrogens with zero attached hydrogens (tertiary/aromatic N) is 3. The van der Waals surface area contributed by atoms with Crippen LogP contribution in [0.5, 0.6) is 0 Å². The molecule has 4 nitrogen and oxygen atoms in total. The number of rotatable bonds is 3. The van der Waals surface area contributed by atoms with Gasteiger partial charge in [0.1, 0.15) is 11.6 Å². The normalized spacial score (nSPS) is 14.3. The van der Waals surface area contributed by atoms with Crippen molar-refractivity contribution in [2.75, 3.05) is 12.4 Å². The average Bonchev–Trinajstić information content (AvgIpc) is 3.39. The fourth-order valence-electron chi connectivity index (χ4n) is 2.48. The van der Waals surface area contributed by atoms with Gasteiger partial charge in [0.05, 0.1) is 11.2 Å². The molecule has 1 aromatic carbocycles. The molecule has 2 heterocycles. The number of benzene rings is 1. The Bertz CT molecular complexity index is 809. The molecule has 21 heavy (non-hydrogen) atoms. The van der Waals surface area contributed by atoms with Crippen LogP contribution in [0.4, 0.5) is 5.82 Å². The molecule has 1 saturated carbocycles. The van der Waals surface area contributed by atoms with Crippen LogP contribution in [-0.2, 0) is 0 Å². The summed E-state index contributed by atoms with van der Waals surface area (Å²) in [6.45, 7) is 0. The molecule has 4 heteroatoms. The van der Waals surface area contributed by atoms with Gasteiger partial charge in [0.2, 0.25) is 0 Å². The van der Waals surface area contributed by atoms with E-state index < -0.39 is 0 Å². The number of nitrogens with one attached hydrogen (secondary N) is 1. The zero-order valence-corrected chi connectivity index (χ0v) is 11.9. The minimum atomic E-state index is 0.533. The van der Waals surface area contributed by atoms with E-state index in [0.29, 0.717) is 5.92 Å². The molecule has 2 aromatic heterocycles.